The molecule has 0 spiro atoms. The van der Waals surface area contributed by atoms with Crippen LogP contribution in [0, 0.1) is 6.92 Å². The van der Waals surface area contributed by atoms with E-state index in [0.717, 1.165) is 16.5 Å². The molecule has 0 saturated heterocycles. The number of aromatic nitrogens is 1. The summed E-state index contributed by atoms with van der Waals surface area (Å²) in [6, 6.07) is 7.69. The fourth-order valence-electron chi connectivity index (χ4n) is 2.50. The molecule has 0 saturated carbocycles. The van der Waals surface area contributed by atoms with Crippen molar-refractivity contribution in [3.05, 3.63) is 41.1 Å². The number of ether oxygens (including phenoxy) is 1. The molecular formula is C17H22N3O3+. The summed E-state index contributed by atoms with van der Waals surface area (Å²) < 4.78 is 5.17. The predicted molar refractivity (Wildman–Crippen MR) is 87.0 cm³/mol. The van der Waals surface area contributed by atoms with Crippen LogP contribution >= 0.6 is 0 Å². The fraction of sp³-hybridized carbons (Fsp3) is 0.353. The van der Waals surface area contributed by atoms with Gasteiger partial charge in [0.25, 0.3) is 5.91 Å². The number of rotatable bonds is 6. The number of aryl methyl sites for hydroxylation is 1. The van der Waals surface area contributed by atoms with Crippen LogP contribution in [0.3, 0.4) is 0 Å². The first kappa shape index (κ1) is 16.9. The van der Waals surface area contributed by atoms with E-state index < -0.39 is 0 Å². The third-order valence-electron chi connectivity index (χ3n) is 3.65. The average Bonchev–Trinajstić information content (AvgIpc) is 2.55. The minimum absolute atomic E-state index is 0.0693. The zero-order valence-corrected chi connectivity index (χ0v) is 13.7. The second-order valence-corrected chi connectivity index (χ2v) is 5.17. The van der Waals surface area contributed by atoms with Crippen LogP contribution in [0.4, 0.5) is 0 Å². The SMILES string of the molecule is CCOC(=O)c1c(C[NH2+]CC(=O)NC)nc2ccccc2c1C. The highest BCUT2D eigenvalue weighted by Gasteiger charge is 2.20. The number of benzene rings is 1. The minimum atomic E-state index is -0.369. The highest BCUT2D eigenvalue weighted by Crippen LogP contribution is 2.23. The Labute approximate surface area is 135 Å². The van der Waals surface area contributed by atoms with Crippen molar-refractivity contribution in [1.82, 2.24) is 10.3 Å². The van der Waals surface area contributed by atoms with Crippen LogP contribution in [0.15, 0.2) is 24.3 Å². The van der Waals surface area contributed by atoms with Gasteiger partial charge in [0.05, 0.1) is 17.7 Å². The summed E-state index contributed by atoms with van der Waals surface area (Å²) in [6.07, 6.45) is 0. The number of esters is 1. The summed E-state index contributed by atoms with van der Waals surface area (Å²) in [5, 5.41) is 5.32. The monoisotopic (exact) mass is 316 g/mol. The van der Waals surface area contributed by atoms with Crippen molar-refractivity contribution in [3.63, 3.8) is 0 Å². The molecule has 0 unspecified atom stereocenters. The number of hydrogen-bond acceptors (Lipinski definition) is 4. The van der Waals surface area contributed by atoms with Gasteiger partial charge in [0.1, 0.15) is 12.2 Å². The van der Waals surface area contributed by atoms with E-state index in [4.69, 9.17) is 4.74 Å². The van der Waals surface area contributed by atoms with E-state index in [1.54, 1.807) is 14.0 Å². The predicted octanol–water partition coefficient (Wildman–Crippen LogP) is 0.529. The number of likely N-dealkylation sites (N-methyl/N-ethyl adjacent to an activating group) is 1. The lowest BCUT2D eigenvalue weighted by atomic mass is 10.0. The Morgan fingerprint density at radius 2 is 2.04 bits per heavy atom. The summed E-state index contributed by atoms with van der Waals surface area (Å²) in [4.78, 5) is 28.3. The number of quaternary nitrogens is 1. The van der Waals surface area contributed by atoms with Gasteiger partial charge in [-0.3, -0.25) is 4.79 Å². The second kappa shape index (κ2) is 7.69. The molecule has 0 atom stereocenters. The lowest BCUT2D eigenvalue weighted by molar-refractivity contribution is -0.660. The maximum absolute atomic E-state index is 12.3. The summed E-state index contributed by atoms with van der Waals surface area (Å²) in [7, 11) is 1.60. The topological polar surface area (TPSA) is 84.9 Å². The van der Waals surface area contributed by atoms with Crippen LogP contribution in [-0.4, -0.2) is 37.1 Å². The average molecular weight is 316 g/mol. The van der Waals surface area contributed by atoms with Gasteiger partial charge >= 0.3 is 5.97 Å². The number of carbonyl (C=O) groups is 2. The van der Waals surface area contributed by atoms with Crippen LogP contribution in [0.25, 0.3) is 10.9 Å². The van der Waals surface area contributed by atoms with Gasteiger partial charge in [-0.1, -0.05) is 18.2 Å². The van der Waals surface area contributed by atoms with Crippen molar-refractivity contribution in [2.75, 3.05) is 20.2 Å². The lowest BCUT2D eigenvalue weighted by Gasteiger charge is -2.13. The van der Waals surface area contributed by atoms with E-state index >= 15 is 0 Å². The van der Waals surface area contributed by atoms with Gasteiger partial charge in [-0.2, -0.15) is 0 Å². The summed E-state index contributed by atoms with van der Waals surface area (Å²) in [5.41, 5.74) is 2.83. The second-order valence-electron chi connectivity index (χ2n) is 5.17. The number of amides is 1. The molecule has 23 heavy (non-hydrogen) atoms. The molecule has 2 rings (SSSR count). The lowest BCUT2D eigenvalue weighted by Crippen LogP contribution is -2.85. The van der Waals surface area contributed by atoms with Gasteiger partial charge in [-0.15, -0.1) is 0 Å². The number of nitrogens with two attached hydrogens (primary N) is 1. The highest BCUT2D eigenvalue weighted by atomic mass is 16.5. The number of nitrogens with zero attached hydrogens (tertiary/aromatic N) is 1. The molecule has 1 heterocycles. The molecule has 2 aromatic rings. The quantitative estimate of drug-likeness (QED) is 0.761. The van der Waals surface area contributed by atoms with Crippen molar-refractivity contribution in [2.45, 2.75) is 20.4 Å². The Morgan fingerprint density at radius 1 is 1.30 bits per heavy atom. The summed E-state index contributed by atoms with van der Waals surface area (Å²) in [6.45, 7) is 4.71. The first-order valence-electron chi connectivity index (χ1n) is 7.66. The Balaban J connectivity index is 2.41. The van der Waals surface area contributed by atoms with Crippen LogP contribution in [0.1, 0.15) is 28.5 Å². The molecule has 1 amide bonds. The van der Waals surface area contributed by atoms with Gasteiger partial charge in [0.2, 0.25) is 0 Å². The minimum Gasteiger partial charge on any atom is -0.462 e. The van der Waals surface area contributed by atoms with E-state index in [9.17, 15) is 9.59 Å². The van der Waals surface area contributed by atoms with Crippen LogP contribution < -0.4 is 10.6 Å². The first-order valence-corrected chi connectivity index (χ1v) is 7.66. The van der Waals surface area contributed by atoms with E-state index in [0.29, 0.717) is 24.4 Å². The van der Waals surface area contributed by atoms with Gasteiger partial charge in [-0.25, -0.2) is 9.78 Å². The number of fused-ring (bicyclic) bond motifs is 1. The Morgan fingerprint density at radius 3 is 2.74 bits per heavy atom. The van der Waals surface area contributed by atoms with Crippen molar-refractivity contribution < 1.29 is 19.6 Å². The Bertz CT molecular complexity index is 728. The van der Waals surface area contributed by atoms with E-state index in [1.807, 2.05) is 36.5 Å². The number of hydrogen-bond donors (Lipinski definition) is 2. The maximum Gasteiger partial charge on any atom is 0.340 e. The molecule has 0 aliphatic rings. The third-order valence-corrected chi connectivity index (χ3v) is 3.65. The molecule has 122 valence electrons. The van der Waals surface area contributed by atoms with Gasteiger partial charge in [0, 0.05) is 12.4 Å². The molecule has 0 fully saturated rings. The number of carbonyl (C=O) groups excluding carboxylic acids is 2. The van der Waals surface area contributed by atoms with Crippen LogP contribution in [0.5, 0.6) is 0 Å². The van der Waals surface area contributed by atoms with E-state index in [1.165, 1.54) is 0 Å². The number of para-hydroxylation sites is 1. The molecule has 1 aromatic heterocycles. The van der Waals surface area contributed by atoms with Crippen LogP contribution in [-0.2, 0) is 16.1 Å². The summed E-state index contributed by atoms with van der Waals surface area (Å²) in [5.74, 6) is -0.438. The van der Waals surface area contributed by atoms with Crippen LogP contribution in [0.2, 0.25) is 0 Å². The van der Waals surface area contributed by atoms with Crippen molar-refractivity contribution >= 4 is 22.8 Å². The van der Waals surface area contributed by atoms with E-state index in [-0.39, 0.29) is 18.4 Å². The molecule has 0 aliphatic carbocycles. The fourth-order valence-corrected chi connectivity index (χ4v) is 2.50. The first-order chi connectivity index (χ1) is 11.1. The Hall–Kier alpha value is -2.47. The van der Waals surface area contributed by atoms with Crippen molar-refractivity contribution in [1.29, 1.82) is 0 Å². The number of pyridine rings is 1. The maximum atomic E-state index is 12.3. The van der Waals surface area contributed by atoms with Crippen molar-refractivity contribution in [3.8, 4) is 0 Å². The smallest absolute Gasteiger partial charge is 0.340 e. The molecule has 3 N–H and O–H groups in total. The Kier molecular flexibility index (Phi) is 5.65. The third kappa shape index (κ3) is 3.84. The highest BCUT2D eigenvalue weighted by molar-refractivity contribution is 5.98. The molecule has 0 bridgehead atoms. The van der Waals surface area contributed by atoms with E-state index in [2.05, 4.69) is 10.3 Å². The molecule has 6 heteroatoms. The molecule has 1 aromatic carbocycles. The molecule has 0 aliphatic heterocycles. The van der Waals surface area contributed by atoms with Gasteiger partial charge < -0.3 is 15.4 Å². The molecule has 6 nitrogen and oxygen atoms in total. The van der Waals surface area contributed by atoms with Gasteiger partial charge in [-0.05, 0) is 25.5 Å². The normalized spacial score (nSPS) is 10.6. The van der Waals surface area contributed by atoms with Gasteiger partial charge in [0.15, 0.2) is 6.54 Å². The largest absolute Gasteiger partial charge is 0.462 e. The van der Waals surface area contributed by atoms with Crippen molar-refractivity contribution in [2.24, 2.45) is 0 Å². The zero-order chi connectivity index (χ0) is 16.8. The summed E-state index contributed by atoms with van der Waals surface area (Å²) >= 11 is 0. The zero-order valence-electron chi connectivity index (χ0n) is 13.7. The number of nitrogens with one attached hydrogen (secondary N) is 1. The standard InChI is InChI=1S/C17H21N3O3/c1-4-23-17(22)16-11(2)12-7-5-6-8-13(12)20-14(16)9-19-10-15(21)18-3/h5-8,19H,4,9-10H2,1-3H3,(H,18,21)/p+1. The molecular weight excluding hydrogens is 294 g/mol. The molecule has 0 radical (unpaired) electrons.